The molecule has 0 amide bonds. The summed E-state index contributed by atoms with van der Waals surface area (Å²) in [5, 5.41) is 3.24. The average Bonchev–Trinajstić information content (AvgIpc) is 2.53. The molecule has 0 aliphatic carbocycles. The molecule has 3 nitrogen and oxygen atoms in total. The van der Waals surface area contributed by atoms with Crippen molar-refractivity contribution in [2.75, 3.05) is 0 Å². The fraction of sp³-hybridized carbons (Fsp3) is 0.235. The van der Waals surface area contributed by atoms with E-state index in [0.29, 0.717) is 13.0 Å². The van der Waals surface area contributed by atoms with Gasteiger partial charge in [0.2, 0.25) is 0 Å². The number of carbonyl (C=O) groups excluding carboxylic acids is 1. The quantitative estimate of drug-likeness (QED) is 0.886. The summed E-state index contributed by atoms with van der Waals surface area (Å²) in [5.74, 6) is -0.177. The summed E-state index contributed by atoms with van der Waals surface area (Å²) in [6.07, 6.45) is 0.698. The van der Waals surface area contributed by atoms with Crippen molar-refractivity contribution in [3.05, 3.63) is 71.3 Å². The summed E-state index contributed by atoms with van der Waals surface area (Å²) in [6, 6.07) is 17.7. The first kappa shape index (κ1) is 15.5. The molecule has 1 heterocycles. The van der Waals surface area contributed by atoms with Crippen LogP contribution in [0.1, 0.15) is 16.7 Å². The largest absolute Gasteiger partial charge is 0.460 e. The summed E-state index contributed by atoms with van der Waals surface area (Å²) in [5.41, 5.74) is 3.50. The molecule has 1 N–H and O–H groups in total. The lowest BCUT2D eigenvalue weighted by Gasteiger charge is -2.24. The molecule has 0 unspecified atom stereocenters. The predicted octanol–water partition coefficient (Wildman–Crippen LogP) is 2.87. The summed E-state index contributed by atoms with van der Waals surface area (Å²) in [7, 11) is 0. The van der Waals surface area contributed by atoms with Crippen molar-refractivity contribution in [1.82, 2.24) is 5.32 Å². The van der Waals surface area contributed by atoms with E-state index in [1.165, 1.54) is 11.1 Å². The van der Waals surface area contributed by atoms with Gasteiger partial charge in [-0.05, 0) is 23.1 Å². The van der Waals surface area contributed by atoms with Crippen molar-refractivity contribution in [2.24, 2.45) is 0 Å². The Bertz CT molecular complexity index is 601. The zero-order valence-electron chi connectivity index (χ0n) is 11.6. The molecule has 1 aliphatic heterocycles. The van der Waals surface area contributed by atoms with Gasteiger partial charge in [-0.2, -0.15) is 0 Å². The van der Waals surface area contributed by atoms with Crippen LogP contribution in [0.25, 0.3) is 0 Å². The predicted molar refractivity (Wildman–Crippen MR) is 84.3 cm³/mol. The summed E-state index contributed by atoms with van der Waals surface area (Å²) < 4.78 is 5.38. The number of hydrogen-bond acceptors (Lipinski definition) is 3. The highest BCUT2D eigenvalue weighted by molar-refractivity contribution is 5.85. The third-order valence-electron chi connectivity index (χ3n) is 3.59. The van der Waals surface area contributed by atoms with Gasteiger partial charge < -0.3 is 10.1 Å². The van der Waals surface area contributed by atoms with E-state index in [4.69, 9.17) is 4.74 Å². The van der Waals surface area contributed by atoms with Gasteiger partial charge in [-0.25, -0.2) is 0 Å². The number of esters is 1. The van der Waals surface area contributed by atoms with Gasteiger partial charge >= 0.3 is 5.97 Å². The van der Waals surface area contributed by atoms with Crippen LogP contribution < -0.4 is 5.32 Å². The topological polar surface area (TPSA) is 38.3 Å². The van der Waals surface area contributed by atoms with E-state index in [-0.39, 0.29) is 24.4 Å². The molecule has 110 valence electrons. The number of carbonyl (C=O) groups is 1. The Labute approximate surface area is 130 Å². The number of ether oxygens (including phenoxy) is 1. The molecule has 0 saturated carbocycles. The Morgan fingerprint density at radius 2 is 1.71 bits per heavy atom. The minimum absolute atomic E-state index is 0. The molecule has 21 heavy (non-hydrogen) atoms. The van der Waals surface area contributed by atoms with Crippen molar-refractivity contribution < 1.29 is 9.53 Å². The van der Waals surface area contributed by atoms with E-state index in [2.05, 4.69) is 17.4 Å². The summed E-state index contributed by atoms with van der Waals surface area (Å²) in [6.45, 7) is 1.06. The molecule has 0 radical (unpaired) electrons. The molecule has 0 aromatic heterocycles. The fourth-order valence-corrected chi connectivity index (χ4v) is 2.45. The molecule has 0 bridgehead atoms. The van der Waals surface area contributed by atoms with Crippen LogP contribution in [0, 0.1) is 0 Å². The molecule has 4 heteroatoms. The Morgan fingerprint density at radius 1 is 1.05 bits per heavy atom. The van der Waals surface area contributed by atoms with E-state index < -0.39 is 0 Å². The standard InChI is InChI=1S/C17H17NO2.ClH/c19-17(20-12-13-6-2-1-3-7-13)16-10-14-8-4-5-9-15(14)11-18-16;/h1-9,16,18H,10-12H2;1H/t16-;/m1./s1. The summed E-state index contributed by atoms with van der Waals surface area (Å²) in [4.78, 5) is 12.1. The van der Waals surface area contributed by atoms with Gasteiger partial charge in [-0.1, -0.05) is 54.6 Å². The highest BCUT2D eigenvalue weighted by Gasteiger charge is 2.24. The van der Waals surface area contributed by atoms with Gasteiger partial charge in [0.25, 0.3) is 0 Å². The van der Waals surface area contributed by atoms with E-state index in [1.54, 1.807) is 0 Å². The SMILES string of the molecule is Cl.O=C(OCc1ccccc1)[C@H]1Cc2ccccc2CN1. The lowest BCUT2D eigenvalue weighted by molar-refractivity contribution is -0.147. The lowest BCUT2D eigenvalue weighted by Crippen LogP contribution is -2.42. The monoisotopic (exact) mass is 303 g/mol. The highest BCUT2D eigenvalue weighted by atomic mass is 35.5. The first-order chi connectivity index (χ1) is 9.83. The molecule has 2 aromatic carbocycles. The molecule has 1 atom stereocenters. The molecule has 0 spiro atoms. The van der Waals surface area contributed by atoms with E-state index in [0.717, 1.165) is 12.1 Å². The smallest absolute Gasteiger partial charge is 0.323 e. The zero-order chi connectivity index (χ0) is 13.8. The molecular formula is C17H18ClNO2. The van der Waals surface area contributed by atoms with Crippen LogP contribution in [-0.2, 0) is 29.1 Å². The van der Waals surface area contributed by atoms with Gasteiger partial charge in [-0.15, -0.1) is 12.4 Å². The van der Waals surface area contributed by atoms with Crippen LogP contribution in [0.4, 0.5) is 0 Å². The maximum Gasteiger partial charge on any atom is 0.323 e. The van der Waals surface area contributed by atoms with Gasteiger partial charge in [-0.3, -0.25) is 4.79 Å². The molecule has 1 aliphatic rings. The number of fused-ring (bicyclic) bond motifs is 1. The third-order valence-corrected chi connectivity index (χ3v) is 3.59. The molecular weight excluding hydrogens is 286 g/mol. The van der Waals surface area contributed by atoms with E-state index in [9.17, 15) is 4.79 Å². The van der Waals surface area contributed by atoms with Gasteiger partial charge in [0.1, 0.15) is 12.6 Å². The maximum atomic E-state index is 12.1. The van der Waals surface area contributed by atoms with E-state index >= 15 is 0 Å². The minimum Gasteiger partial charge on any atom is -0.460 e. The van der Waals surface area contributed by atoms with Crippen LogP contribution in [-0.4, -0.2) is 12.0 Å². The number of benzene rings is 2. The van der Waals surface area contributed by atoms with Crippen LogP contribution in [0.5, 0.6) is 0 Å². The van der Waals surface area contributed by atoms with Crippen molar-refractivity contribution in [3.63, 3.8) is 0 Å². The Kier molecular flexibility index (Phi) is 5.37. The Morgan fingerprint density at radius 3 is 2.48 bits per heavy atom. The Balaban J connectivity index is 0.00000161. The van der Waals surface area contributed by atoms with Crippen LogP contribution in [0.2, 0.25) is 0 Å². The van der Waals surface area contributed by atoms with Crippen LogP contribution >= 0.6 is 12.4 Å². The maximum absolute atomic E-state index is 12.1. The highest BCUT2D eigenvalue weighted by Crippen LogP contribution is 2.17. The molecule has 0 fully saturated rings. The minimum atomic E-state index is -0.242. The first-order valence-electron chi connectivity index (χ1n) is 6.83. The van der Waals surface area contributed by atoms with Crippen LogP contribution in [0.3, 0.4) is 0 Å². The van der Waals surface area contributed by atoms with Gasteiger partial charge in [0, 0.05) is 6.54 Å². The number of hydrogen-bond donors (Lipinski definition) is 1. The van der Waals surface area contributed by atoms with Crippen molar-refractivity contribution in [2.45, 2.75) is 25.6 Å². The lowest BCUT2D eigenvalue weighted by atomic mass is 9.96. The van der Waals surface area contributed by atoms with Gasteiger partial charge in [0.05, 0.1) is 0 Å². The molecule has 3 rings (SSSR count). The second-order valence-corrected chi connectivity index (χ2v) is 5.00. The number of nitrogens with one attached hydrogen (secondary N) is 1. The normalized spacial score (nSPS) is 16.5. The van der Waals surface area contributed by atoms with E-state index in [1.807, 2.05) is 42.5 Å². The second kappa shape index (κ2) is 7.25. The molecule has 2 aromatic rings. The first-order valence-corrected chi connectivity index (χ1v) is 6.83. The average molecular weight is 304 g/mol. The number of rotatable bonds is 3. The van der Waals surface area contributed by atoms with Crippen molar-refractivity contribution >= 4 is 18.4 Å². The third kappa shape index (κ3) is 3.84. The van der Waals surface area contributed by atoms with Crippen LogP contribution in [0.15, 0.2) is 54.6 Å². The van der Waals surface area contributed by atoms with Crippen molar-refractivity contribution in [3.8, 4) is 0 Å². The number of halogens is 1. The Hall–Kier alpha value is -1.84. The fourth-order valence-electron chi connectivity index (χ4n) is 2.45. The zero-order valence-corrected chi connectivity index (χ0v) is 12.4. The van der Waals surface area contributed by atoms with Gasteiger partial charge in [0.15, 0.2) is 0 Å². The van der Waals surface area contributed by atoms with Crippen molar-refractivity contribution in [1.29, 1.82) is 0 Å². The summed E-state index contributed by atoms with van der Waals surface area (Å²) >= 11 is 0. The second-order valence-electron chi connectivity index (χ2n) is 5.00. The molecule has 0 saturated heterocycles.